The Hall–Kier alpha value is -1.06. The van der Waals surface area contributed by atoms with E-state index >= 15 is 0 Å². The number of ether oxygens (including phenoxy) is 1. The molecule has 1 saturated heterocycles. The maximum Gasteiger partial charge on any atom is 0.122 e. The van der Waals surface area contributed by atoms with Crippen LogP contribution in [0.3, 0.4) is 0 Å². The molecule has 0 amide bonds. The van der Waals surface area contributed by atoms with Gasteiger partial charge in [-0.2, -0.15) is 0 Å². The Labute approximate surface area is 135 Å². The Kier molecular flexibility index (Phi) is 5.51. The Morgan fingerprint density at radius 2 is 1.86 bits per heavy atom. The van der Waals surface area contributed by atoms with Gasteiger partial charge in [-0.1, -0.05) is 33.8 Å². The molecule has 2 rings (SSSR count). The first-order valence-corrected chi connectivity index (χ1v) is 8.41. The van der Waals surface area contributed by atoms with Crippen LogP contribution in [0.5, 0.6) is 5.75 Å². The van der Waals surface area contributed by atoms with E-state index < -0.39 is 0 Å². The van der Waals surface area contributed by atoms with Crippen molar-refractivity contribution < 1.29 is 9.84 Å². The van der Waals surface area contributed by atoms with Gasteiger partial charge < -0.3 is 9.84 Å². The SMILES string of the molecule is COc1ccc(C(C(C)CO)N2CCCC2)cc1C(C)(C)C. The summed E-state index contributed by atoms with van der Waals surface area (Å²) < 4.78 is 5.56. The van der Waals surface area contributed by atoms with Gasteiger partial charge in [-0.05, 0) is 60.5 Å². The van der Waals surface area contributed by atoms with Gasteiger partial charge in [0.2, 0.25) is 0 Å². The zero-order chi connectivity index (χ0) is 16.3. The largest absolute Gasteiger partial charge is 0.496 e. The average Bonchev–Trinajstić information content (AvgIpc) is 3.00. The Morgan fingerprint density at radius 3 is 2.36 bits per heavy atom. The highest BCUT2D eigenvalue weighted by Crippen LogP contribution is 2.37. The number of rotatable bonds is 5. The van der Waals surface area contributed by atoms with Crippen molar-refractivity contribution in [3.63, 3.8) is 0 Å². The van der Waals surface area contributed by atoms with Gasteiger partial charge in [-0.25, -0.2) is 0 Å². The Balaban J connectivity index is 2.43. The molecule has 1 fully saturated rings. The van der Waals surface area contributed by atoms with E-state index in [4.69, 9.17) is 4.74 Å². The summed E-state index contributed by atoms with van der Waals surface area (Å²) in [6, 6.07) is 6.83. The highest BCUT2D eigenvalue weighted by atomic mass is 16.5. The molecule has 1 aliphatic heterocycles. The lowest BCUT2D eigenvalue weighted by Crippen LogP contribution is -2.32. The standard InChI is InChI=1S/C19H31NO2/c1-14(13-21)18(20-10-6-7-11-20)15-8-9-17(22-5)16(12-15)19(2,3)4/h8-9,12,14,18,21H,6-7,10-11,13H2,1-5H3. The number of methoxy groups -OCH3 is 1. The minimum Gasteiger partial charge on any atom is -0.496 e. The van der Waals surface area contributed by atoms with E-state index in [0.29, 0.717) is 6.04 Å². The van der Waals surface area contributed by atoms with Crippen LogP contribution >= 0.6 is 0 Å². The molecule has 124 valence electrons. The van der Waals surface area contributed by atoms with Gasteiger partial charge in [0.1, 0.15) is 5.75 Å². The zero-order valence-electron chi connectivity index (χ0n) is 14.7. The third-order valence-electron chi connectivity index (χ3n) is 4.73. The third kappa shape index (κ3) is 3.64. The normalized spacial score (nSPS) is 19.2. The molecule has 1 aromatic rings. The fourth-order valence-corrected chi connectivity index (χ4v) is 3.51. The van der Waals surface area contributed by atoms with Crippen molar-refractivity contribution in [2.75, 3.05) is 26.8 Å². The second kappa shape index (κ2) is 7.01. The van der Waals surface area contributed by atoms with Gasteiger partial charge in [-0.3, -0.25) is 4.90 Å². The number of likely N-dealkylation sites (tertiary alicyclic amines) is 1. The molecule has 0 aliphatic carbocycles. The minimum absolute atomic E-state index is 0.0410. The maximum absolute atomic E-state index is 9.71. The van der Waals surface area contributed by atoms with Crippen molar-refractivity contribution >= 4 is 0 Å². The average molecular weight is 305 g/mol. The monoisotopic (exact) mass is 305 g/mol. The van der Waals surface area contributed by atoms with Crippen molar-refractivity contribution in [2.24, 2.45) is 5.92 Å². The number of aliphatic hydroxyl groups is 1. The van der Waals surface area contributed by atoms with Crippen molar-refractivity contribution in [3.8, 4) is 5.75 Å². The molecule has 22 heavy (non-hydrogen) atoms. The van der Waals surface area contributed by atoms with Crippen LogP contribution < -0.4 is 4.74 Å². The van der Waals surface area contributed by atoms with Crippen molar-refractivity contribution in [3.05, 3.63) is 29.3 Å². The lowest BCUT2D eigenvalue weighted by molar-refractivity contribution is 0.126. The first kappa shape index (κ1) is 17.3. The number of hydrogen-bond acceptors (Lipinski definition) is 3. The van der Waals surface area contributed by atoms with E-state index in [0.717, 1.165) is 18.8 Å². The maximum atomic E-state index is 9.71. The predicted molar refractivity (Wildman–Crippen MR) is 91.5 cm³/mol. The molecular formula is C19H31NO2. The summed E-state index contributed by atoms with van der Waals surface area (Å²) in [5, 5.41) is 9.71. The van der Waals surface area contributed by atoms with Crippen LogP contribution in [0, 0.1) is 5.92 Å². The molecule has 1 aliphatic rings. The molecule has 1 heterocycles. The summed E-state index contributed by atoms with van der Waals surface area (Å²) in [5.41, 5.74) is 2.58. The Bertz CT molecular complexity index is 487. The van der Waals surface area contributed by atoms with Crippen LogP contribution in [0.15, 0.2) is 18.2 Å². The molecule has 0 spiro atoms. The molecule has 2 unspecified atom stereocenters. The highest BCUT2D eigenvalue weighted by molar-refractivity contribution is 5.42. The Morgan fingerprint density at radius 1 is 1.23 bits per heavy atom. The van der Waals surface area contributed by atoms with Gasteiger partial charge >= 0.3 is 0 Å². The number of benzene rings is 1. The molecule has 2 atom stereocenters. The van der Waals surface area contributed by atoms with E-state index in [1.165, 1.54) is 24.0 Å². The quantitative estimate of drug-likeness (QED) is 0.899. The lowest BCUT2D eigenvalue weighted by Gasteiger charge is -2.33. The van der Waals surface area contributed by atoms with Crippen LogP contribution in [0.2, 0.25) is 0 Å². The van der Waals surface area contributed by atoms with E-state index in [1.807, 2.05) is 0 Å². The topological polar surface area (TPSA) is 32.7 Å². The summed E-state index contributed by atoms with van der Waals surface area (Å²) in [5.74, 6) is 1.19. The van der Waals surface area contributed by atoms with Gasteiger partial charge in [0.25, 0.3) is 0 Å². The smallest absolute Gasteiger partial charge is 0.122 e. The van der Waals surface area contributed by atoms with Crippen molar-refractivity contribution in [1.82, 2.24) is 4.90 Å². The minimum atomic E-state index is 0.0410. The molecule has 0 saturated carbocycles. The molecule has 0 bridgehead atoms. The van der Waals surface area contributed by atoms with Crippen LogP contribution in [0.25, 0.3) is 0 Å². The predicted octanol–water partition coefficient (Wildman–Crippen LogP) is 3.76. The lowest BCUT2D eigenvalue weighted by atomic mass is 9.83. The number of aliphatic hydroxyl groups excluding tert-OH is 1. The fourth-order valence-electron chi connectivity index (χ4n) is 3.51. The van der Waals surface area contributed by atoms with E-state index in [1.54, 1.807) is 7.11 Å². The molecular weight excluding hydrogens is 274 g/mol. The van der Waals surface area contributed by atoms with E-state index in [9.17, 15) is 5.11 Å². The fraction of sp³-hybridized carbons (Fsp3) is 0.684. The van der Waals surface area contributed by atoms with Crippen molar-refractivity contribution in [1.29, 1.82) is 0 Å². The molecule has 1 aromatic carbocycles. The van der Waals surface area contributed by atoms with Gasteiger partial charge in [-0.15, -0.1) is 0 Å². The molecule has 1 N–H and O–H groups in total. The zero-order valence-corrected chi connectivity index (χ0v) is 14.7. The highest BCUT2D eigenvalue weighted by Gasteiger charge is 2.29. The van der Waals surface area contributed by atoms with E-state index in [2.05, 4.69) is 50.8 Å². The van der Waals surface area contributed by atoms with Crippen LogP contribution in [0.4, 0.5) is 0 Å². The summed E-state index contributed by atoms with van der Waals surface area (Å²) in [7, 11) is 1.73. The van der Waals surface area contributed by atoms with Gasteiger partial charge in [0.05, 0.1) is 7.11 Å². The second-order valence-corrected chi connectivity index (χ2v) is 7.56. The summed E-state index contributed by atoms with van der Waals surface area (Å²) in [6.07, 6.45) is 2.52. The van der Waals surface area contributed by atoms with E-state index in [-0.39, 0.29) is 17.9 Å². The molecule has 3 heteroatoms. The van der Waals surface area contributed by atoms with Crippen LogP contribution in [0.1, 0.15) is 57.7 Å². The molecule has 0 aromatic heterocycles. The molecule has 0 radical (unpaired) electrons. The summed E-state index contributed by atoms with van der Waals surface area (Å²) >= 11 is 0. The number of nitrogens with zero attached hydrogens (tertiary/aromatic N) is 1. The van der Waals surface area contributed by atoms with Crippen molar-refractivity contribution in [2.45, 2.75) is 52.0 Å². The third-order valence-corrected chi connectivity index (χ3v) is 4.73. The van der Waals surface area contributed by atoms with Gasteiger partial charge in [0, 0.05) is 12.6 Å². The van der Waals surface area contributed by atoms with Gasteiger partial charge in [0.15, 0.2) is 0 Å². The summed E-state index contributed by atoms with van der Waals surface area (Å²) in [6.45, 7) is 11.3. The second-order valence-electron chi connectivity index (χ2n) is 7.56. The first-order chi connectivity index (χ1) is 10.4. The van der Waals surface area contributed by atoms with Crippen LogP contribution in [-0.4, -0.2) is 36.8 Å². The number of hydrogen-bond donors (Lipinski definition) is 1. The van der Waals surface area contributed by atoms with Crippen LogP contribution in [-0.2, 0) is 5.41 Å². The first-order valence-electron chi connectivity index (χ1n) is 8.41. The molecule has 3 nitrogen and oxygen atoms in total. The summed E-state index contributed by atoms with van der Waals surface area (Å²) in [4.78, 5) is 2.52.